The van der Waals surface area contributed by atoms with Crippen LogP contribution in [0.15, 0.2) is 0 Å². The van der Waals surface area contributed by atoms with E-state index in [-0.39, 0.29) is 18.1 Å². The molecule has 1 unspecified atom stereocenters. The molecule has 0 aromatic rings. The highest BCUT2D eigenvalue weighted by Gasteiger charge is 2.28. The summed E-state index contributed by atoms with van der Waals surface area (Å²) in [6.07, 6.45) is 2.25. The molecule has 0 spiro atoms. The maximum Gasteiger partial charge on any atom is 0.303 e. The normalized spacial score (nSPS) is 21.3. The van der Waals surface area contributed by atoms with Crippen molar-refractivity contribution in [1.82, 2.24) is 4.31 Å². The second-order valence-electron chi connectivity index (χ2n) is 5.29. The van der Waals surface area contributed by atoms with E-state index in [1.54, 1.807) is 4.31 Å². The molecule has 1 fully saturated rings. The van der Waals surface area contributed by atoms with Crippen molar-refractivity contribution in [1.29, 1.82) is 0 Å². The molecule has 1 N–H and O–H groups in total. The summed E-state index contributed by atoms with van der Waals surface area (Å²) in [7, 11) is -3.02. The van der Waals surface area contributed by atoms with E-state index in [1.807, 2.05) is 0 Å². The topological polar surface area (TPSA) is 74.7 Å². The van der Waals surface area contributed by atoms with E-state index < -0.39 is 16.0 Å². The Kier molecular flexibility index (Phi) is 5.59. The second kappa shape index (κ2) is 6.52. The molecule has 1 saturated heterocycles. The van der Waals surface area contributed by atoms with Gasteiger partial charge in [-0.25, -0.2) is 12.7 Å². The number of hydrogen-bond acceptors (Lipinski definition) is 3. The number of carbonyl (C=O) groups is 1. The van der Waals surface area contributed by atoms with Crippen molar-refractivity contribution in [3.8, 4) is 0 Å². The summed E-state index contributed by atoms with van der Waals surface area (Å²) < 4.78 is 24.8. The highest BCUT2D eigenvalue weighted by molar-refractivity contribution is 7.89. The van der Waals surface area contributed by atoms with E-state index in [2.05, 4.69) is 13.8 Å². The molecule has 1 aliphatic heterocycles. The minimum absolute atomic E-state index is 0.162. The van der Waals surface area contributed by atoms with Crippen LogP contribution in [-0.4, -0.2) is 42.6 Å². The summed E-state index contributed by atoms with van der Waals surface area (Å²) in [6.45, 7) is 5.27. The molecule has 6 heteroatoms. The Bertz CT molecular complexity index is 378. The number of rotatable bonds is 7. The van der Waals surface area contributed by atoms with Crippen LogP contribution in [0.3, 0.4) is 0 Å². The first-order chi connectivity index (χ1) is 8.33. The van der Waals surface area contributed by atoms with E-state index >= 15 is 0 Å². The van der Waals surface area contributed by atoms with Crippen LogP contribution in [0.5, 0.6) is 0 Å². The third-order valence-electron chi connectivity index (χ3n) is 3.62. The lowest BCUT2D eigenvalue weighted by Crippen LogP contribution is -2.29. The Morgan fingerprint density at radius 2 is 2.00 bits per heavy atom. The van der Waals surface area contributed by atoms with Crippen LogP contribution in [0.4, 0.5) is 0 Å². The summed E-state index contributed by atoms with van der Waals surface area (Å²) >= 11 is 0. The number of carboxylic acids is 1. The maximum atomic E-state index is 11.6. The van der Waals surface area contributed by atoms with Gasteiger partial charge in [0.05, 0.1) is 5.75 Å². The molecule has 1 atom stereocenters. The minimum atomic E-state index is -3.02. The average molecular weight is 277 g/mol. The number of nitrogens with zero attached hydrogens (tertiary/aromatic N) is 1. The smallest absolute Gasteiger partial charge is 0.303 e. The summed E-state index contributed by atoms with van der Waals surface area (Å²) in [5.41, 5.74) is 0. The predicted molar refractivity (Wildman–Crippen MR) is 69.8 cm³/mol. The Morgan fingerprint density at radius 1 is 1.33 bits per heavy atom. The van der Waals surface area contributed by atoms with E-state index in [9.17, 15) is 13.2 Å². The molecular formula is C12H23NO4S. The molecule has 0 saturated carbocycles. The van der Waals surface area contributed by atoms with Gasteiger partial charge in [-0.1, -0.05) is 13.8 Å². The molecule has 1 heterocycles. The zero-order valence-corrected chi connectivity index (χ0v) is 11.9. The Hall–Kier alpha value is -0.620. The first-order valence-electron chi connectivity index (χ1n) is 6.52. The Labute approximate surface area is 109 Å². The monoisotopic (exact) mass is 277 g/mol. The van der Waals surface area contributed by atoms with Crippen molar-refractivity contribution < 1.29 is 18.3 Å². The van der Waals surface area contributed by atoms with Crippen LogP contribution in [0.2, 0.25) is 0 Å². The lowest BCUT2D eigenvalue weighted by molar-refractivity contribution is -0.137. The van der Waals surface area contributed by atoms with Gasteiger partial charge in [0, 0.05) is 19.5 Å². The van der Waals surface area contributed by atoms with Crippen molar-refractivity contribution in [3.05, 3.63) is 0 Å². The van der Waals surface area contributed by atoms with Crippen LogP contribution in [0, 0.1) is 11.8 Å². The number of sulfonamides is 1. The summed E-state index contributed by atoms with van der Waals surface area (Å²) in [6, 6.07) is 0. The van der Waals surface area contributed by atoms with Gasteiger partial charge in [-0.15, -0.1) is 0 Å². The first kappa shape index (κ1) is 15.4. The zero-order chi connectivity index (χ0) is 13.8. The fraction of sp³-hybridized carbons (Fsp3) is 0.917. The van der Waals surface area contributed by atoms with Gasteiger partial charge in [-0.05, 0) is 31.1 Å². The highest BCUT2D eigenvalue weighted by atomic mass is 32.2. The molecule has 0 bridgehead atoms. The quantitative estimate of drug-likeness (QED) is 0.766. The van der Waals surface area contributed by atoms with Crippen molar-refractivity contribution in [3.63, 3.8) is 0 Å². The van der Waals surface area contributed by atoms with E-state index in [0.717, 1.165) is 6.42 Å². The lowest BCUT2D eigenvalue weighted by atomic mass is 9.88. The van der Waals surface area contributed by atoms with Crippen LogP contribution in [0.25, 0.3) is 0 Å². The molecule has 0 aliphatic carbocycles. The van der Waals surface area contributed by atoms with Crippen LogP contribution in [0.1, 0.15) is 39.5 Å². The minimum Gasteiger partial charge on any atom is -0.481 e. The number of aliphatic carboxylic acids is 1. The van der Waals surface area contributed by atoms with Gasteiger partial charge in [0.15, 0.2) is 0 Å². The summed E-state index contributed by atoms with van der Waals surface area (Å²) in [4.78, 5) is 10.6. The number of hydrogen-bond donors (Lipinski definition) is 1. The molecule has 0 aromatic heterocycles. The lowest BCUT2D eigenvalue weighted by Gasteiger charge is -2.23. The zero-order valence-electron chi connectivity index (χ0n) is 11.1. The average Bonchev–Trinajstić information content (AvgIpc) is 2.57. The van der Waals surface area contributed by atoms with Gasteiger partial charge in [-0.2, -0.15) is 0 Å². The molecule has 0 radical (unpaired) electrons. The van der Waals surface area contributed by atoms with Crippen molar-refractivity contribution in [2.45, 2.75) is 39.5 Å². The fourth-order valence-corrected chi connectivity index (χ4v) is 3.92. The molecular weight excluding hydrogens is 254 g/mol. The third-order valence-corrected chi connectivity index (χ3v) is 5.58. The van der Waals surface area contributed by atoms with Crippen LogP contribution < -0.4 is 0 Å². The largest absolute Gasteiger partial charge is 0.481 e. The van der Waals surface area contributed by atoms with Gasteiger partial charge >= 0.3 is 5.97 Å². The molecule has 106 valence electrons. The molecule has 1 aliphatic rings. The van der Waals surface area contributed by atoms with E-state index in [0.29, 0.717) is 31.8 Å². The molecule has 0 amide bonds. The van der Waals surface area contributed by atoms with Crippen LogP contribution >= 0.6 is 0 Å². The maximum absolute atomic E-state index is 11.6. The summed E-state index contributed by atoms with van der Waals surface area (Å²) in [5, 5.41) is 8.70. The van der Waals surface area contributed by atoms with Gasteiger partial charge < -0.3 is 5.11 Å². The SMILES string of the molecule is CC(C)C(CCC(=O)O)CCN1CCCS1(=O)=O. The van der Waals surface area contributed by atoms with E-state index in [4.69, 9.17) is 5.11 Å². The van der Waals surface area contributed by atoms with Crippen molar-refractivity contribution >= 4 is 16.0 Å². The standard InChI is InChI=1S/C12H23NO4S/c1-10(2)11(4-5-12(14)15)6-8-13-7-3-9-18(13,16)17/h10-11H,3-9H2,1-2H3,(H,14,15). The van der Waals surface area contributed by atoms with Crippen LogP contribution in [-0.2, 0) is 14.8 Å². The van der Waals surface area contributed by atoms with Gasteiger partial charge in [0.2, 0.25) is 10.0 Å². The van der Waals surface area contributed by atoms with E-state index in [1.165, 1.54) is 0 Å². The molecule has 5 nitrogen and oxygen atoms in total. The van der Waals surface area contributed by atoms with Gasteiger partial charge in [-0.3, -0.25) is 4.79 Å². The molecule has 18 heavy (non-hydrogen) atoms. The van der Waals surface area contributed by atoms with Gasteiger partial charge in [0.1, 0.15) is 0 Å². The summed E-state index contributed by atoms with van der Waals surface area (Å²) in [5.74, 6) is 0.134. The Morgan fingerprint density at radius 3 is 2.44 bits per heavy atom. The fourth-order valence-electron chi connectivity index (χ4n) is 2.37. The van der Waals surface area contributed by atoms with Crippen molar-refractivity contribution in [2.24, 2.45) is 11.8 Å². The second-order valence-corrected chi connectivity index (χ2v) is 7.38. The van der Waals surface area contributed by atoms with Crippen molar-refractivity contribution in [2.75, 3.05) is 18.8 Å². The van der Waals surface area contributed by atoms with Gasteiger partial charge in [0.25, 0.3) is 0 Å². The highest BCUT2D eigenvalue weighted by Crippen LogP contribution is 2.23. The first-order valence-corrected chi connectivity index (χ1v) is 8.13. The predicted octanol–water partition coefficient (Wildman–Crippen LogP) is 1.55. The number of carboxylic acid groups (broad SMARTS) is 1. The third kappa shape index (κ3) is 4.57. The molecule has 0 aromatic carbocycles. The Balaban J connectivity index is 2.44. The molecule has 1 rings (SSSR count).